The summed E-state index contributed by atoms with van der Waals surface area (Å²) in [5, 5.41) is 12.6. The van der Waals surface area contributed by atoms with Crippen molar-refractivity contribution < 1.29 is 19.4 Å². The molecule has 0 fully saturated rings. The standard InChI is InChI=1S/C20H22ClNO4/c1-13(2)26-17-9-5-15(6-10-17)18(12-20(24)25)22-19(23)11-14-3-7-16(21)8-4-14/h3-10,13,18H,11-12H2,1-2H3,(H,22,23)(H,24,25)/t18-/m0/s1. The number of benzene rings is 2. The predicted molar refractivity (Wildman–Crippen MR) is 100 cm³/mol. The zero-order valence-electron chi connectivity index (χ0n) is 14.7. The number of carbonyl (C=O) groups excluding carboxylic acids is 1. The Kier molecular flexibility index (Phi) is 7.04. The molecule has 0 unspecified atom stereocenters. The summed E-state index contributed by atoms with van der Waals surface area (Å²) in [6.07, 6.45) is 0.00761. The zero-order chi connectivity index (χ0) is 19.1. The number of carbonyl (C=O) groups is 2. The monoisotopic (exact) mass is 375 g/mol. The van der Waals surface area contributed by atoms with Crippen molar-refractivity contribution >= 4 is 23.5 Å². The Balaban J connectivity index is 2.07. The fraction of sp³-hybridized carbons (Fsp3) is 0.300. The van der Waals surface area contributed by atoms with Gasteiger partial charge in [-0.25, -0.2) is 0 Å². The lowest BCUT2D eigenvalue weighted by Gasteiger charge is -2.18. The van der Waals surface area contributed by atoms with Crippen molar-refractivity contribution in [1.82, 2.24) is 5.32 Å². The van der Waals surface area contributed by atoms with Crippen molar-refractivity contribution in [3.8, 4) is 5.75 Å². The van der Waals surface area contributed by atoms with Crippen molar-refractivity contribution in [2.75, 3.05) is 0 Å². The summed E-state index contributed by atoms with van der Waals surface area (Å²) in [5.74, 6) is -0.532. The second kappa shape index (κ2) is 9.25. The topological polar surface area (TPSA) is 75.6 Å². The summed E-state index contributed by atoms with van der Waals surface area (Å²) >= 11 is 5.84. The molecular weight excluding hydrogens is 354 g/mol. The largest absolute Gasteiger partial charge is 0.491 e. The molecule has 0 aliphatic carbocycles. The first-order valence-electron chi connectivity index (χ1n) is 8.35. The Morgan fingerprint density at radius 2 is 1.69 bits per heavy atom. The van der Waals surface area contributed by atoms with Crippen LogP contribution in [-0.4, -0.2) is 23.1 Å². The molecule has 138 valence electrons. The molecule has 2 N–H and O–H groups in total. The molecule has 2 aromatic carbocycles. The maximum Gasteiger partial charge on any atom is 0.305 e. The summed E-state index contributed by atoms with van der Waals surface area (Å²) in [4.78, 5) is 23.5. The first kappa shape index (κ1) is 19.8. The van der Waals surface area contributed by atoms with E-state index in [1.54, 1.807) is 48.5 Å². The molecule has 26 heavy (non-hydrogen) atoms. The SMILES string of the molecule is CC(C)Oc1ccc([C@H](CC(=O)O)NC(=O)Cc2ccc(Cl)cc2)cc1. The number of hydrogen-bond acceptors (Lipinski definition) is 3. The third-order valence-corrected chi connectivity index (χ3v) is 3.90. The average Bonchev–Trinajstić information content (AvgIpc) is 2.56. The molecule has 2 aromatic rings. The molecule has 1 amide bonds. The van der Waals surface area contributed by atoms with E-state index in [0.29, 0.717) is 16.3 Å². The lowest BCUT2D eigenvalue weighted by Crippen LogP contribution is -2.31. The van der Waals surface area contributed by atoms with E-state index in [9.17, 15) is 9.59 Å². The van der Waals surface area contributed by atoms with Gasteiger partial charge in [-0.15, -0.1) is 0 Å². The molecular formula is C20H22ClNO4. The van der Waals surface area contributed by atoms with Crippen LogP contribution in [0, 0.1) is 0 Å². The Labute approximate surface area is 157 Å². The van der Waals surface area contributed by atoms with Gasteiger partial charge in [0.15, 0.2) is 0 Å². The highest BCUT2D eigenvalue weighted by Crippen LogP contribution is 2.21. The molecule has 0 aliphatic heterocycles. The van der Waals surface area contributed by atoms with E-state index in [4.69, 9.17) is 21.4 Å². The van der Waals surface area contributed by atoms with Crippen LogP contribution in [0.25, 0.3) is 0 Å². The summed E-state index contributed by atoms with van der Waals surface area (Å²) < 4.78 is 5.59. The van der Waals surface area contributed by atoms with E-state index in [-0.39, 0.29) is 24.9 Å². The highest BCUT2D eigenvalue weighted by atomic mass is 35.5. The predicted octanol–water partition coefficient (Wildman–Crippen LogP) is 4.00. The van der Waals surface area contributed by atoms with Gasteiger partial charge in [-0.2, -0.15) is 0 Å². The quantitative estimate of drug-likeness (QED) is 0.731. The summed E-state index contributed by atoms with van der Waals surface area (Å²) in [7, 11) is 0. The number of nitrogens with one attached hydrogen (secondary N) is 1. The fourth-order valence-electron chi connectivity index (χ4n) is 2.51. The van der Waals surface area contributed by atoms with Crippen LogP contribution in [0.2, 0.25) is 5.02 Å². The molecule has 0 bridgehead atoms. The molecule has 0 aromatic heterocycles. The number of aliphatic carboxylic acids is 1. The maximum absolute atomic E-state index is 12.3. The van der Waals surface area contributed by atoms with Crippen molar-refractivity contribution in [2.24, 2.45) is 0 Å². The molecule has 0 heterocycles. The van der Waals surface area contributed by atoms with E-state index >= 15 is 0 Å². The van der Waals surface area contributed by atoms with Gasteiger partial charge in [0.2, 0.25) is 5.91 Å². The number of halogens is 1. The van der Waals surface area contributed by atoms with E-state index < -0.39 is 12.0 Å². The number of ether oxygens (including phenoxy) is 1. The lowest BCUT2D eigenvalue weighted by molar-refractivity contribution is -0.137. The molecule has 6 heteroatoms. The number of carboxylic acid groups (broad SMARTS) is 1. The van der Waals surface area contributed by atoms with Gasteiger partial charge in [0.05, 0.1) is 25.0 Å². The van der Waals surface area contributed by atoms with Gasteiger partial charge in [0, 0.05) is 5.02 Å². The maximum atomic E-state index is 12.3. The molecule has 5 nitrogen and oxygen atoms in total. The number of amides is 1. The molecule has 1 atom stereocenters. The Bertz CT molecular complexity index is 741. The fourth-order valence-corrected chi connectivity index (χ4v) is 2.64. The van der Waals surface area contributed by atoms with Crippen LogP contribution < -0.4 is 10.1 Å². The van der Waals surface area contributed by atoms with Crippen LogP contribution in [0.1, 0.15) is 37.4 Å². The minimum absolute atomic E-state index is 0.0507. The average molecular weight is 376 g/mol. The molecule has 0 saturated carbocycles. The van der Waals surface area contributed by atoms with E-state index in [0.717, 1.165) is 5.56 Å². The van der Waals surface area contributed by atoms with Gasteiger partial charge in [-0.3, -0.25) is 9.59 Å². The minimum Gasteiger partial charge on any atom is -0.491 e. The second-order valence-corrected chi connectivity index (χ2v) is 6.69. The Morgan fingerprint density at radius 1 is 1.08 bits per heavy atom. The number of carboxylic acids is 1. The number of hydrogen-bond donors (Lipinski definition) is 2. The highest BCUT2D eigenvalue weighted by Gasteiger charge is 2.18. The second-order valence-electron chi connectivity index (χ2n) is 6.26. The lowest BCUT2D eigenvalue weighted by atomic mass is 10.0. The van der Waals surface area contributed by atoms with Crippen LogP contribution in [0.3, 0.4) is 0 Å². The van der Waals surface area contributed by atoms with Gasteiger partial charge in [0.1, 0.15) is 5.75 Å². The normalized spacial score (nSPS) is 11.8. The molecule has 0 saturated heterocycles. The van der Waals surface area contributed by atoms with Gasteiger partial charge >= 0.3 is 5.97 Å². The van der Waals surface area contributed by atoms with E-state index in [2.05, 4.69) is 5.32 Å². The van der Waals surface area contributed by atoms with Crippen molar-refractivity contribution in [3.05, 3.63) is 64.7 Å². The molecule has 0 spiro atoms. The number of rotatable bonds is 8. The van der Waals surface area contributed by atoms with Crippen LogP contribution in [0.4, 0.5) is 0 Å². The molecule has 0 radical (unpaired) electrons. The van der Waals surface area contributed by atoms with Gasteiger partial charge in [-0.05, 0) is 49.2 Å². The van der Waals surface area contributed by atoms with Crippen molar-refractivity contribution in [2.45, 2.75) is 38.8 Å². The first-order valence-corrected chi connectivity index (χ1v) is 8.73. The van der Waals surface area contributed by atoms with Gasteiger partial charge in [0.25, 0.3) is 0 Å². The van der Waals surface area contributed by atoms with Gasteiger partial charge in [-0.1, -0.05) is 35.9 Å². The van der Waals surface area contributed by atoms with Crippen LogP contribution in [0.5, 0.6) is 5.75 Å². The van der Waals surface area contributed by atoms with E-state index in [1.807, 2.05) is 13.8 Å². The summed E-state index contributed by atoms with van der Waals surface area (Å²) in [6, 6.07) is 13.4. The first-order chi connectivity index (χ1) is 12.3. The van der Waals surface area contributed by atoms with Crippen LogP contribution in [-0.2, 0) is 16.0 Å². The Morgan fingerprint density at radius 3 is 2.23 bits per heavy atom. The van der Waals surface area contributed by atoms with Crippen LogP contribution >= 0.6 is 11.6 Å². The third kappa shape index (κ3) is 6.41. The highest BCUT2D eigenvalue weighted by molar-refractivity contribution is 6.30. The zero-order valence-corrected chi connectivity index (χ0v) is 15.5. The smallest absolute Gasteiger partial charge is 0.305 e. The van der Waals surface area contributed by atoms with Gasteiger partial charge < -0.3 is 15.2 Å². The summed E-state index contributed by atoms with van der Waals surface area (Å²) in [6.45, 7) is 3.86. The Hall–Kier alpha value is -2.53. The molecule has 2 rings (SSSR count). The van der Waals surface area contributed by atoms with Crippen molar-refractivity contribution in [3.63, 3.8) is 0 Å². The minimum atomic E-state index is -0.982. The summed E-state index contributed by atoms with van der Waals surface area (Å²) in [5.41, 5.74) is 1.52. The third-order valence-electron chi connectivity index (χ3n) is 3.65. The van der Waals surface area contributed by atoms with Crippen LogP contribution in [0.15, 0.2) is 48.5 Å². The van der Waals surface area contributed by atoms with E-state index in [1.165, 1.54) is 0 Å². The molecule has 0 aliphatic rings. The van der Waals surface area contributed by atoms with Crippen molar-refractivity contribution in [1.29, 1.82) is 0 Å².